The summed E-state index contributed by atoms with van der Waals surface area (Å²) in [5.74, 6) is 0. The molecular formula is C16H20BrN. The first kappa shape index (κ1) is 14.9. The molecule has 2 aromatic carbocycles. The average molecular weight is 306 g/mol. The zero-order chi connectivity index (χ0) is 12.1. The summed E-state index contributed by atoms with van der Waals surface area (Å²) in [7, 11) is 0. The van der Waals surface area contributed by atoms with Gasteiger partial charge < -0.3 is 5.73 Å². The third-order valence-corrected chi connectivity index (χ3v) is 3.22. The standard InChI is InChI=1S/C16H19N.BrH/c1-2-13-16(17,14-9-5-3-6-10-14)15-11-7-4-8-12-15;/h3-12H,2,13,17H2,1H3;1H. The van der Waals surface area contributed by atoms with Gasteiger partial charge in [-0.3, -0.25) is 0 Å². The zero-order valence-corrected chi connectivity index (χ0v) is 12.4. The molecule has 2 aromatic rings. The van der Waals surface area contributed by atoms with E-state index in [9.17, 15) is 0 Å². The summed E-state index contributed by atoms with van der Waals surface area (Å²) >= 11 is 0. The van der Waals surface area contributed by atoms with Crippen molar-refractivity contribution < 1.29 is 0 Å². The molecule has 0 atom stereocenters. The normalized spacial score (nSPS) is 10.8. The van der Waals surface area contributed by atoms with Gasteiger partial charge in [-0.15, -0.1) is 17.0 Å². The number of nitrogens with two attached hydrogens (primary N) is 1. The van der Waals surface area contributed by atoms with E-state index < -0.39 is 0 Å². The van der Waals surface area contributed by atoms with Crippen LogP contribution in [-0.2, 0) is 5.54 Å². The Morgan fingerprint density at radius 1 is 0.833 bits per heavy atom. The summed E-state index contributed by atoms with van der Waals surface area (Å²) in [6, 6.07) is 20.7. The third kappa shape index (κ3) is 3.01. The van der Waals surface area contributed by atoms with Crippen molar-refractivity contribution >= 4 is 17.0 Å². The maximum atomic E-state index is 6.65. The second-order valence-electron chi connectivity index (χ2n) is 4.45. The van der Waals surface area contributed by atoms with Crippen LogP contribution in [0.15, 0.2) is 60.7 Å². The van der Waals surface area contributed by atoms with Crippen LogP contribution in [0.1, 0.15) is 30.9 Å². The molecule has 0 saturated heterocycles. The highest BCUT2D eigenvalue weighted by molar-refractivity contribution is 8.93. The first-order valence-electron chi connectivity index (χ1n) is 6.17. The van der Waals surface area contributed by atoms with Gasteiger partial charge >= 0.3 is 0 Å². The van der Waals surface area contributed by atoms with E-state index in [2.05, 4.69) is 55.5 Å². The molecule has 0 bridgehead atoms. The molecule has 0 amide bonds. The largest absolute Gasteiger partial charge is 0.318 e. The van der Waals surface area contributed by atoms with Gasteiger partial charge in [0.15, 0.2) is 0 Å². The van der Waals surface area contributed by atoms with Crippen molar-refractivity contribution in [1.29, 1.82) is 0 Å². The van der Waals surface area contributed by atoms with E-state index in [0.717, 1.165) is 12.8 Å². The minimum absolute atomic E-state index is 0. The third-order valence-electron chi connectivity index (χ3n) is 3.22. The first-order chi connectivity index (χ1) is 8.27. The first-order valence-corrected chi connectivity index (χ1v) is 6.17. The van der Waals surface area contributed by atoms with E-state index in [4.69, 9.17) is 5.73 Å². The lowest BCUT2D eigenvalue weighted by atomic mass is 9.80. The van der Waals surface area contributed by atoms with Crippen LogP contribution in [0.3, 0.4) is 0 Å². The molecule has 0 spiro atoms. The highest BCUT2D eigenvalue weighted by atomic mass is 79.9. The van der Waals surface area contributed by atoms with Crippen molar-refractivity contribution in [3.8, 4) is 0 Å². The Kier molecular flexibility index (Phi) is 5.57. The Balaban J connectivity index is 0.00000162. The number of rotatable bonds is 4. The molecule has 0 fully saturated rings. The van der Waals surface area contributed by atoms with E-state index in [-0.39, 0.29) is 22.5 Å². The van der Waals surface area contributed by atoms with Crippen LogP contribution in [-0.4, -0.2) is 0 Å². The van der Waals surface area contributed by atoms with Crippen LogP contribution >= 0.6 is 17.0 Å². The smallest absolute Gasteiger partial charge is 0.0665 e. The van der Waals surface area contributed by atoms with Crippen LogP contribution in [0.4, 0.5) is 0 Å². The maximum absolute atomic E-state index is 6.65. The van der Waals surface area contributed by atoms with E-state index in [1.807, 2.05) is 12.1 Å². The van der Waals surface area contributed by atoms with Crippen molar-refractivity contribution in [2.75, 3.05) is 0 Å². The molecule has 0 aliphatic heterocycles. The minimum Gasteiger partial charge on any atom is -0.318 e. The van der Waals surface area contributed by atoms with Crippen LogP contribution in [0, 0.1) is 0 Å². The monoisotopic (exact) mass is 305 g/mol. The van der Waals surface area contributed by atoms with Gasteiger partial charge in [0, 0.05) is 0 Å². The molecule has 0 radical (unpaired) electrons. The molecule has 1 nitrogen and oxygen atoms in total. The number of benzene rings is 2. The average Bonchev–Trinajstić information content (AvgIpc) is 2.41. The second-order valence-corrected chi connectivity index (χ2v) is 4.45. The fourth-order valence-electron chi connectivity index (χ4n) is 2.32. The fourth-order valence-corrected chi connectivity index (χ4v) is 2.32. The molecule has 0 aliphatic rings. The van der Waals surface area contributed by atoms with Crippen LogP contribution in [0.5, 0.6) is 0 Å². The molecule has 2 N–H and O–H groups in total. The lowest BCUT2D eigenvalue weighted by molar-refractivity contribution is 0.485. The Bertz CT molecular complexity index is 414. The molecule has 0 heterocycles. The number of halogens is 1. The highest BCUT2D eigenvalue weighted by Gasteiger charge is 2.27. The van der Waals surface area contributed by atoms with Crippen LogP contribution < -0.4 is 5.73 Å². The highest BCUT2D eigenvalue weighted by Crippen LogP contribution is 2.31. The van der Waals surface area contributed by atoms with Gasteiger partial charge in [0.1, 0.15) is 0 Å². The lowest BCUT2D eigenvalue weighted by Gasteiger charge is -2.30. The van der Waals surface area contributed by atoms with E-state index in [1.165, 1.54) is 11.1 Å². The van der Waals surface area contributed by atoms with Crippen molar-refractivity contribution in [2.24, 2.45) is 5.73 Å². The molecule has 2 heteroatoms. The fraction of sp³-hybridized carbons (Fsp3) is 0.250. The molecule has 0 unspecified atom stereocenters. The topological polar surface area (TPSA) is 26.0 Å². The quantitative estimate of drug-likeness (QED) is 0.897. The van der Waals surface area contributed by atoms with E-state index in [1.54, 1.807) is 0 Å². The van der Waals surface area contributed by atoms with Crippen molar-refractivity contribution in [1.82, 2.24) is 0 Å². The Morgan fingerprint density at radius 3 is 1.56 bits per heavy atom. The Labute approximate surface area is 120 Å². The Morgan fingerprint density at radius 2 is 1.22 bits per heavy atom. The zero-order valence-electron chi connectivity index (χ0n) is 10.7. The van der Waals surface area contributed by atoms with Gasteiger partial charge in [0.05, 0.1) is 5.54 Å². The predicted octanol–water partition coefficient (Wildman–Crippen LogP) is 4.27. The summed E-state index contributed by atoms with van der Waals surface area (Å²) < 4.78 is 0. The van der Waals surface area contributed by atoms with Crippen molar-refractivity contribution in [2.45, 2.75) is 25.3 Å². The van der Waals surface area contributed by atoms with Crippen LogP contribution in [0.25, 0.3) is 0 Å². The molecular weight excluding hydrogens is 286 g/mol. The molecule has 2 rings (SSSR count). The lowest BCUT2D eigenvalue weighted by Crippen LogP contribution is -2.37. The van der Waals surface area contributed by atoms with E-state index >= 15 is 0 Å². The van der Waals surface area contributed by atoms with Gasteiger partial charge in [-0.05, 0) is 17.5 Å². The van der Waals surface area contributed by atoms with Gasteiger partial charge in [0.2, 0.25) is 0 Å². The molecule has 96 valence electrons. The van der Waals surface area contributed by atoms with Gasteiger partial charge in [0.25, 0.3) is 0 Å². The van der Waals surface area contributed by atoms with Crippen LogP contribution in [0.2, 0.25) is 0 Å². The number of hydrogen-bond donors (Lipinski definition) is 1. The summed E-state index contributed by atoms with van der Waals surface area (Å²) in [6.07, 6.45) is 2.03. The van der Waals surface area contributed by atoms with Gasteiger partial charge in [-0.25, -0.2) is 0 Å². The summed E-state index contributed by atoms with van der Waals surface area (Å²) in [5, 5.41) is 0. The van der Waals surface area contributed by atoms with Crippen molar-refractivity contribution in [3.05, 3.63) is 71.8 Å². The van der Waals surface area contributed by atoms with Crippen molar-refractivity contribution in [3.63, 3.8) is 0 Å². The van der Waals surface area contributed by atoms with Gasteiger partial charge in [-0.2, -0.15) is 0 Å². The summed E-state index contributed by atoms with van der Waals surface area (Å²) in [4.78, 5) is 0. The second kappa shape index (κ2) is 6.72. The predicted molar refractivity (Wildman–Crippen MR) is 83.1 cm³/mol. The van der Waals surface area contributed by atoms with E-state index in [0.29, 0.717) is 0 Å². The molecule has 0 aromatic heterocycles. The van der Waals surface area contributed by atoms with Gasteiger partial charge in [-0.1, -0.05) is 74.0 Å². The molecule has 0 saturated carbocycles. The maximum Gasteiger partial charge on any atom is 0.0665 e. The molecule has 0 aliphatic carbocycles. The SMILES string of the molecule is Br.CCCC(N)(c1ccccc1)c1ccccc1. The minimum atomic E-state index is -0.364. The Hall–Kier alpha value is -1.12. The summed E-state index contributed by atoms with van der Waals surface area (Å²) in [6.45, 7) is 2.17. The summed E-state index contributed by atoms with van der Waals surface area (Å²) in [5.41, 5.74) is 8.66. The molecule has 18 heavy (non-hydrogen) atoms. The number of hydrogen-bond acceptors (Lipinski definition) is 1.